The van der Waals surface area contributed by atoms with Gasteiger partial charge in [0.1, 0.15) is 0 Å². The summed E-state index contributed by atoms with van der Waals surface area (Å²) in [5.74, 6) is -0.973. The van der Waals surface area contributed by atoms with Crippen molar-refractivity contribution in [2.45, 2.75) is 33.5 Å². The van der Waals surface area contributed by atoms with E-state index in [1.54, 1.807) is 18.2 Å². The van der Waals surface area contributed by atoms with Gasteiger partial charge >= 0.3 is 5.97 Å². The zero-order valence-electron chi connectivity index (χ0n) is 10.8. The van der Waals surface area contributed by atoms with E-state index in [1.165, 1.54) is 0 Å². The SMILES string of the molecule is CC(C)(C)C(OCc1cccc(C#N)c1)C(=O)O. The Kier molecular flexibility index (Phi) is 4.46. The molecule has 1 atom stereocenters. The number of nitrogens with zero attached hydrogens (tertiary/aromatic N) is 1. The fourth-order valence-corrected chi connectivity index (χ4v) is 1.60. The van der Waals surface area contributed by atoms with Crippen LogP contribution in [-0.4, -0.2) is 17.2 Å². The topological polar surface area (TPSA) is 70.3 Å². The number of hydrogen-bond acceptors (Lipinski definition) is 3. The van der Waals surface area contributed by atoms with Crippen LogP contribution in [0.1, 0.15) is 31.9 Å². The zero-order chi connectivity index (χ0) is 13.8. The molecule has 0 amide bonds. The first-order valence-corrected chi connectivity index (χ1v) is 5.68. The van der Waals surface area contributed by atoms with Gasteiger partial charge in [0.2, 0.25) is 0 Å². The molecule has 1 rings (SSSR count). The Morgan fingerprint density at radius 3 is 2.67 bits per heavy atom. The van der Waals surface area contributed by atoms with Crippen LogP contribution in [0, 0.1) is 16.7 Å². The molecule has 0 radical (unpaired) electrons. The number of ether oxygens (including phenoxy) is 1. The summed E-state index contributed by atoms with van der Waals surface area (Å²) in [7, 11) is 0. The van der Waals surface area contributed by atoms with Crippen molar-refractivity contribution in [1.29, 1.82) is 5.26 Å². The normalized spacial score (nSPS) is 12.8. The van der Waals surface area contributed by atoms with Crippen molar-refractivity contribution in [2.75, 3.05) is 0 Å². The highest BCUT2D eigenvalue weighted by Gasteiger charge is 2.32. The van der Waals surface area contributed by atoms with Crippen LogP contribution >= 0.6 is 0 Å². The molecular weight excluding hydrogens is 230 g/mol. The van der Waals surface area contributed by atoms with E-state index in [2.05, 4.69) is 0 Å². The van der Waals surface area contributed by atoms with Crippen molar-refractivity contribution in [3.05, 3.63) is 35.4 Å². The van der Waals surface area contributed by atoms with Crippen molar-refractivity contribution < 1.29 is 14.6 Å². The molecule has 0 aliphatic carbocycles. The van der Waals surface area contributed by atoms with Crippen LogP contribution in [0.15, 0.2) is 24.3 Å². The molecule has 0 saturated carbocycles. The maximum absolute atomic E-state index is 11.1. The Bertz CT molecular complexity index is 469. The minimum Gasteiger partial charge on any atom is -0.479 e. The Labute approximate surface area is 107 Å². The van der Waals surface area contributed by atoms with Crippen LogP contribution < -0.4 is 0 Å². The van der Waals surface area contributed by atoms with Crippen molar-refractivity contribution in [2.24, 2.45) is 5.41 Å². The summed E-state index contributed by atoms with van der Waals surface area (Å²) >= 11 is 0. The molecule has 0 aliphatic rings. The lowest BCUT2D eigenvalue weighted by atomic mass is 9.89. The number of hydrogen-bond donors (Lipinski definition) is 1. The quantitative estimate of drug-likeness (QED) is 0.887. The average molecular weight is 247 g/mol. The fourth-order valence-electron chi connectivity index (χ4n) is 1.60. The molecule has 0 aliphatic heterocycles. The van der Waals surface area contributed by atoms with Crippen molar-refractivity contribution in [3.8, 4) is 6.07 Å². The molecule has 0 fully saturated rings. The van der Waals surface area contributed by atoms with Crippen molar-refractivity contribution in [3.63, 3.8) is 0 Å². The molecule has 1 unspecified atom stereocenters. The van der Waals surface area contributed by atoms with E-state index in [-0.39, 0.29) is 6.61 Å². The third-order valence-electron chi connectivity index (χ3n) is 2.48. The highest BCUT2D eigenvalue weighted by Crippen LogP contribution is 2.23. The molecule has 1 aromatic carbocycles. The second-order valence-electron chi connectivity index (χ2n) is 5.21. The summed E-state index contributed by atoms with van der Waals surface area (Å²) in [5.41, 5.74) is 0.863. The predicted octanol–water partition coefficient (Wildman–Crippen LogP) is 2.57. The van der Waals surface area contributed by atoms with Gasteiger partial charge < -0.3 is 9.84 Å². The van der Waals surface area contributed by atoms with Crippen molar-refractivity contribution >= 4 is 5.97 Å². The predicted molar refractivity (Wildman–Crippen MR) is 66.8 cm³/mol. The lowest BCUT2D eigenvalue weighted by Crippen LogP contribution is -2.36. The summed E-state index contributed by atoms with van der Waals surface area (Å²) in [4.78, 5) is 11.1. The molecule has 96 valence electrons. The smallest absolute Gasteiger partial charge is 0.333 e. The standard InChI is InChI=1S/C14H17NO3/c1-14(2,3)12(13(16)17)18-9-11-6-4-5-10(7-11)8-15/h4-7,12H,9H2,1-3H3,(H,16,17). The van der Waals surface area contributed by atoms with Gasteiger partial charge in [-0.15, -0.1) is 0 Å². The third kappa shape index (κ3) is 3.86. The molecule has 4 nitrogen and oxygen atoms in total. The minimum atomic E-state index is -0.973. The van der Waals surface area contributed by atoms with E-state index in [1.807, 2.05) is 32.9 Å². The molecule has 0 spiro atoms. The number of rotatable bonds is 4. The minimum absolute atomic E-state index is 0.184. The van der Waals surface area contributed by atoms with E-state index in [4.69, 9.17) is 15.1 Å². The van der Waals surface area contributed by atoms with Crippen molar-refractivity contribution in [1.82, 2.24) is 0 Å². The molecule has 0 aromatic heterocycles. The van der Waals surface area contributed by atoms with Gasteiger partial charge in [-0.1, -0.05) is 32.9 Å². The highest BCUT2D eigenvalue weighted by molar-refractivity contribution is 5.73. The second kappa shape index (κ2) is 5.65. The molecular formula is C14H17NO3. The maximum atomic E-state index is 11.1. The molecule has 1 N–H and O–H groups in total. The van der Waals surface area contributed by atoms with Gasteiger partial charge in [-0.2, -0.15) is 5.26 Å². The molecule has 4 heteroatoms. The molecule has 0 bridgehead atoms. The van der Waals surface area contributed by atoms with Gasteiger partial charge in [-0.25, -0.2) is 4.79 Å². The number of nitriles is 1. The molecule has 0 heterocycles. The van der Waals surface area contributed by atoms with Crippen LogP contribution in [0.4, 0.5) is 0 Å². The van der Waals surface area contributed by atoms with Gasteiger partial charge in [-0.3, -0.25) is 0 Å². The summed E-state index contributed by atoms with van der Waals surface area (Å²) in [6.07, 6.45) is -0.872. The van der Waals surface area contributed by atoms with Gasteiger partial charge in [0.15, 0.2) is 6.10 Å². The molecule has 1 aromatic rings. The van der Waals surface area contributed by atoms with Crippen LogP contribution in [-0.2, 0) is 16.1 Å². The van der Waals surface area contributed by atoms with Gasteiger partial charge in [0, 0.05) is 0 Å². The van der Waals surface area contributed by atoms with Crippen LogP contribution in [0.3, 0.4) is 0 Å². The van der Waals surface area contributed by atoms with Crippen LogP contribution in [0.5, 0.6) is 0 Å². The maximum Gasteiger partial charge on any atom is 0.333 e. The third-order valence-corrected chi connectivity index (χ3v) is 2.48. The van der Waals surface area contributed by atoms with Gasteiger partial charge in [-0.05, 0) is 23.1 Å². The Balaban J connectivity index is 2.74. The average Bonchev–Trinajstić information content (AvgIpc) is 2.27. The largest absolute Gasteiger partial charge is 0.479 e. The first-order valence-electron chi connectivity index (χ1n) is 5.68. The van der Waals surface area contributed by atoms with Gasteiger partial charge in [0.05, 0.1) is 18.2 Å². The monoisotopic (exact) mass is 247 g/mol. The highest BCUT2D eigenvalue weighted by atomic mass is 16.5. The number of aliphatic carboxylic acids is 1. The summed E-state index contributed by atoms with van der Waals surface area (Å²) in [6, 6.07) is 8.99. The first-order chi connectivity index (χ1) is 8.34. The van der Waals surface area contributed by atoms with E-state index in [0.717, 1.165) is 5.56 Å². The Hall–Kier alpha value is -1.86. The zero-order valence-corrected chi connectivity index (χ0v) is 10.8. The Morgan fingerprint density at radius 2 is 2.17 bits per heavy atom. The van der Waals surface area contributed by atoms with Crippen LogP contribution in [0.2, 0.25) is 0 Å². The van der Waals surface area contributed by atoms with Gasteiger partial charge in [0.25, 0.3) is 0 Å². The molecule has 0 saturated heterocycles. The summed E-state index contributed by atoms with van der Waals surface area (Å²) in [6.45, 7) is 5.64. The first kappa shape index (κ1) is 14.2. The van der Waals surface area contributed by atoms with E-state index < -0.39 is 17.5 Å². The number of carboxylic acids is 1. The summed E-state index contributed by atoms with van der Waals surface area (Å²) < 4.78 is 5.44. The lowest BCUT2D eigenvalue weighted by Gasteiger charge is -2.27. The number of carboxylic acid groups (broad SMARTS) is 1. The van der Waals surface area contributed by atoms with Crippen LogP contribution in [0.25, 0.3) is 0 Å². The Morgan fingerprint density at radius 1 is 1.50 bits per heavy atom. The van der Waals surface area contributed by atoms with E-state index in [0.29, 0.717) is 5.56 Å². The lowest BCUT2D eigenvalue weighted by molar-refractivity contribution is -0.159. The summed E-state index contributed by atoms with van der Waals surface area (Å²) in [5, 5.41) is 17.9. The molecule has 18 heavy (non-hydrogen) atoms. The fraction of sp³-hybridized carbons (Fsp3) is 0.429. The van der Waals surface area contributed by atoms with E-state index >= 15 is 0 Å². The number of benzene rings is 1. The second-order valence-corrected chi connectivity index (χ2v) is 5.21. The van der Waals surface area contributed by atoms with E-state index in [9.17, 15) is 4.79 Å². The number of carbonyl (C=O) groups is 1.